The van der Waals surface area contributed by atoms with Crippen LogP contribution in [0.2, 0.25) is 0 Å². The monoisotopic (exact) mass is 420 g/mol. The lowest BCUT2D eigenvalue weighted by atomic mass is 10.2. The van der Waals surface area contributed by atoms with Crippen molar-refractivity contribution in [3.63, 3.8) is 0 Å². The number of nitrogens with zero attached hydrogens (tertiary/aromatic N) is 3. The zero-order valence-electron chi connectivity index (χ0n) is 14.1. The number of alkyl halides is 3. The largest absolute Gasteiger partial charge is 0.441 e. The second-order valence-electron chi connectivity index (χ2n) is 5.91. The number of fused-ring (bicyclic) bond motifs is 1. The maximum absolute atomic E-state index is 12.8. The quantitative estimate of drug-likeness (QED) is 0.423. The van der Waals surface area contributed by atoms with Gasteiger partial charge in [0, 0.05) is 18.3 Å². The smallest absolute Gasteiger partial charge is 0.283 e. The van der Waals surface area contributed by atoms with Gasteiger partial charge in [-0.15, -0.1) is 11.3 Å². The number of thiophene rings is 1. The van der Waals surface area contributed by atoms with E-state index in [4.69, 9.17) is 0 Å². The maximum atomic E-state index is 12.8. The summed E-state index contributed by atoms with van der Waals surface area (Å²) >= 11 is 0.872. The van der Waals surface area contributed by atoms with Gasteiger partial charge in [0.2, 0.25) is 6.41 Å². The molecule has 27 heavy (non-hydrogen) atoms. The lowest BCUT2D eigenvalue weighted by molar-refractivity contribution is -0.109. The van der Waals surface area contributed by atoms with E-state index in [1.54, 1.807) is 6.92 Å². The van der Waals surface area contributed by atoms with Crippen LogP contribution in [0.4, 0.5) is 13.2 Å². The van der Waals surface area contributed by atoms with Crippen LogP contribution in [0.5, 0.6) is 0 Å². The summed E-state index contributed by atoms with van der Waals surface area (Å²) in [5.74, 6) is -0.339. The molecule has 0 radical (unpaired) electrons. The Kier molecular flexibility index (Phi) is 5.47. The topological polar surface area (TPSA) is 85.5 Å². The third-order valence-electron chi connectivity index (χ3n) is 4.08. The molecule has 1 aliphatic rings. The van der Waals surface area contributed by atoms with Crippen molar-refractivity contribution in [3.05, 3.63) is 31.3 Å². The van der Waals surface area contributed by atoms with E-state index >= 15 is 0 Å². The maximum Gasteiger partial charge on any atom is 0.441 e. The number of amides is 1. The third kappa shape index (κ3) is 4.10. The standard InChI is InChI=1S/C15H15F3N4O3S2/c1-8-10(6-19-20-7-23)27-13-11(8)12(24)22(9-2-3-9)14(25)21(13)4-5-26-15(16,17)18/h6-7,9H,2-5H2,1H3,(H,20,23)/b19-6+. The van der Waals surface area contributed by atoms with Crippen molar-refractivity contribution < 1.29 is 18.0 Å². The first-order valence-electron chi connectivity index (χ1n) is 7.96. The Morgan fingerprint density at radius 3 is 2.67 bits per heavy atom. The van der Waals surface area contributed by atoms with Crippen LogP contribution in [0, 0.1) is 6.92 Å². The number of hydrogen-bond donors (Lipinski definition) is 1. The molecule has 0 saturated heterocycles. The molecular weight excluding hydrogens is 405 g/mol. The lowest BCUT2D eigenvalue weighted by Crippen LogP contribution is -2.39. The van der Waals surface area contributed by atoms with Gasteiger partial charge in [0.25, 0.3) is 5.56 Å². The van der Waals surface area contributed by atoms with Gasteiger partial charge in [-0.3, -0.25) is 18.7 Å². The average Bonchev–Trinajstić information content (AvgIpc) is 3.35. The highest BCUT2D eigenvalue weighted by atomic mass is 32.2. The summed E-state index contributed by atoms with van der Waals surface area (Å²) in [6.45, 7) is 1.51. The van der Waals surface area contributed by atoms with Crippen LogP contribution in [0.25, 0.3) is 10.2 Å². The van der Waals surface area contributed by atoms with Crippen molar-refractivity contribution in [3.8, 4) is 0 Å². The van der Waals surface area contributed by atoms with E-state index in [-0.39, 0.29) is 30.1 Å². The number of thioether (sulfide) groups is 1. The molecule has 0 atom stereocenters. The number of halogens is 3. The second kappa shape index (κ2) is 7.50. The summed E-state index contributed by atoms with van der Waals surface area (Å²) in [6, 6.07) is -0.205. The molecule has 146 valence electrons. The molecule has 2 aromatic heterocycles. The van der Waals surface area contributed by atoms with Gasteiger partial charge in [0.15, 0.2) is 0 Å². The summed E-state index contributed by atoms with van der Waals surface area (Å²) in [5.41, 5.74) is -2.73. The van der Waals surface area contributed by atoms with Crippen LogP contribution < -0.4 is 16.7 Å². The molecule has 0 aliphatic heterocycles. The highest BCUT2D eigenvalue weighted by Crippen LogP contribution is 2.34. The van der Waals surface area contributed by atoms with Gasteiger partial charge in [-0.1, -0.05) is 0 Å². The van der Waals surface area contributed by atoms with Gasteiger partial charge in [-0.05, 0) is 37.1 Å². The van der Waals surface area contributed by atoms with E-state index in [1.807, 2.05) is 0 Å². The molecule has 1 N–H and O–H groups in total. The van der Waals surface area contributed by atoms with Crippen molar-refractivity contribution in [1.82, 2.24) is 14.6 Å². The molecule has 3 rings (SSSR count). The van der Waals surface area contributed by atoms with E-state index in [2.05, 4.69) is 10.5 Å². The normalized spacial score (nSPS) is 15.0. The first kappa shape index (κ1) is 19.7. The Hall–Kier alpha value is -2.08. The highest BCUT2D eigenvalue weighted by Gasteiger charge is 2.31. The number of carbonyl (C=O) groups is 1. The summed E-state index contributed by atoms with van der Waals surface area (Å²) in [5, 5.41) is 3.98. The first-order chi connectivity index (χ1) is 12.7. The van der Waals surface area contributed by atoms with Crippen LogP contribution in [0.1, 0.15) is 29.3 Å². The summed E-state index contributed by atoms with van der Waals surface area (Å²) in [7, 11) is 0. The molecule has 0 spiro atoms. The molecule has 12 heteroatoms. The number of hydrogen-bond acceptors (Lipinski definition) is 6. The second-order valence-corrected chi connectivity index (χ2v) is 8.10. The molecule has 0 aromatic carbocycles. The predicted octanol–water partition coefficient (Wildman–Crippen LogP) is 2.20. The van der Waals surface area contributed by atoms with Crippen LogP contribution in [0.15, 0.2) is 14.7 Å². The molecule has 1 saturated carbocycles. The van der Waals surface area contributed by atoms with E-state index in [9.17, 15) is 27.6 Å². The predicted molar refractivity (Wildman–Crippen MR) is 98.7 cm³/mol. The van der Waals surface area contributed by atoms with Crippen molar-refractivity contribution in [2.75, 3.05) is 5.75 Å². The van der Waals surface area contributed by atoms with E-state index < -0.39 is 16.8 Å². The van der Waals surface area contributed by atoms with Crippen LogP contribution >= 0.6 is 23.1 Å². The van der Waals surface area contributed by atoms with Gasteiger partial charge in [0.1, 0.15) is 4.83 Å². The molecule has 1 amide bonds. The highest BCUT2D eigenvalue weighted by molar-refractivity contribution is 8.00. The van der Waals surface area contributed by atoms with E-state index in [0.717, 1.165) is 15.9 Å². The lowest BCUT2D eigenvalue weighted by Gasteiger charge is -2.12. The summed E-state index contributed by atoms with van der Waals surface area (Å²) < 4.78 is 39.8. The van der Waals surface area contributed by atoms with Gasteiger partial charge < -0.3 is 0 Å². The van der Waals surface area contributed by atoms with E-state index in [1.165, 1.54) is 10.8 Å². The minimum absolute atomic E-state index is 0.171. The molecule has 2 aromatic rings. The number of aryl methyl sites for hydroxylation is 2. The fourth-order valence-electron chi connectivity index (χ4n) is 2.74. The molecule has 1 fully saturated rings. The number of hydrazone groups is 1. The number of nitrogens with one attached hydrogen (secondary N) is 1. The number of carbonyl (C=O) groups excluding carboxylic acids is 1. The van der Waals surface area contributed by atoms with E-state index in [0.29, 0.717) is 39.9 Å². The van der Waals surface area contributed by atoms with Crippen molar-refractivity contribution >= 4 is 45.9 Å². The molecule has 0 bridgehead atoms. The summed E-state index contributed by atoms with van der Waals surface area (Å²) in [4.78, 5) is 36.8. The first-order valence-corrected chi connectivity index (χ1v) is 9.76. The van der Waals surface area contributed by atoms with Gasteiger partial charge in [0.05, 0.1) is 16.5 Å². The molecule has 2 heterocycles. The van der Waals surface area contributed by atoms with Crippen molar-refractivity contribution in [2.24, 2.45) is 5.10 Å². The number of rotatable bonds is 7. The van der Waals surface area contributed by atoms with Crippen molar-refractivity contribution in [2.45, 2.75) is 37.9 Å². The Morgan fingerprint density at radius 2 is 2.07 bits per heavy atom. The fraction of sp³-hybridized carbons (Fsp3) is 0.467. The zero-order valence-corrected chi connectivity index (χ0v) is 15.7. The number of aromatic nitrogens is 2. The Labute approximate surface area is 158 Å². The third-order valence-corrected chi connectivity index (χ3v) is 6.04. The van der Waals surface area contributed by atoms with Gasteiger partial charge >= 0.3 is 11.2 Å². The summed E-state index contributed by atoms with van der Waals surface area (Å²) in [6.07, 6.45) is 3.11. The van der Waals surface area contributed by atoms with Crippen LogP contribution in [-0.2, 0) is 11.3 Å². The van der Waals surface area contributed by atoms with Crippen LogP contribution in [-0.4, -0.2) is 33.0 Å². The van der Waals surface area contributed by atoms with Gasteiger partial charge in [-0.25, -0.2) is 10.2 Å². The molecule has 0 unspecified atom stereocenters. The van der Waals surface area contributed by atoms with Crippen molar-refractivity contribution in [1.29, 1.82) is 0 Å². The molecular formula is C15H15F3N4O3S2. The Balaban J connectivity index is 2.13. The Bertz CT molecular complexity index is 1020. The minimum atomic E-state index is -4.39. The SMILES string of the molecule is Cc1c(/C=N/NC=O)sc2c1c(=O)n(C1CC1)c(=O)n2CCSC(F)(F)F. The molecule has 1 aliphatic carbocycles. The Morgan fingerprint density at radius 1 is 1.37 bits per heavy atom. The van der Waals surface area contributed by atoms with Crippen LogP contribution in [0.3, 0.4) is 0 Å². The van der Waals surface area contributed by atoms with Gasteiger partial charge in [-0.2, -0.15) is 18.3 Å². The fourth-order valence-corrected chi connectivity index (χ4v) is 4.43. The molecule has 7 nitrogen and oxygen atoms in total. The zero-order chi connectivity index (χ0) is 19.8. The average molecular weight is 420 g/mol. The minimum Gasteiger partial charge on any atom is -0.283 e.